The van der Waals surface area contributed by atoms with Crippen LogP contribution in [0.5, 0.6) is 0 Å². The summed E-state index contributed by atoms with van der Waals surface area (Å²) in [6.07, 6.45) is 1.77. The maximum absolute atomic E-state index is 10.5. The largest absolute Gasteiger partial charge is 0.388 e. The quantitative estimate of drug-likeness (QED) is 0.841. The molecule has 1 aromatic rings. The SMILES string of the molecule is O[C@@H](c1ccccc1)[C@H]1CCN2CCCN=C12. The van der Waals surface area contributed by atoms with Crippen LogP contribution in [0.2, 0.25) is 0 Å². The van der Waals surface area contributed by atoms with Gasteiger partial charge < -0.3 is 10.0 Å². The van der Waals surface area contributed by atoms with E-state index < -0.39 is 6.10 Å². The average molecular weight is 230 g/mol. The molecule has 0 unspecified atom stereocenters. The zero-order valence-electron chi connectivity index (χ0n) is 9.92. The van der Waals surface area contributed by atoms with Crippen molar-refractivity contribution in [1.29, 1.82) is 0 Å². The average Bonchev–Trinajstić information content (AvgIpc) is 2.83. The number of amidine groups is 1. The number of rotatable bonds is 2. The third-order valence-electron chi connectivity index (χ3n) is 3.75. The number of hydrogen-bond donors (Lipinski definition) is 1. The van der Waals surface area contributed by atoms with Gasteiger partial charge in [-0.1, -0.05) is 30.3 Å². The lowest BCUT2D eigenvalue weighted by Crippen LogP contribution is -2.34. The Morgan fingerprint density at radius 1 is 1.24 bits per heavy atom. The fourth-order valence-corrected chi connectivity index (χ4v) is 2.85. The Morgan fingerprint density at radius 2 is 2.06 bits per heavy atom. The summed E-state index contributed by atoms with van der Waals surface area (Å²) in [6.45, 7) is 3.08. The topological polar surface area (TPSA) is 35.8 Å². The summed E-state index contributed by atoms with van der Waals surface area (Å²) in [5.74, 6) is 1.32. The van der Waals surface area contributed by atoms with Gasteiger partial charge in [0.25, 0.3) is 0 Å². The fourth-order valence-electron chi connectivity index (χ4n) is 2.85. The molecule has 0 aliphatic carbocycles. The Bertz CT molecular complexity index is 415. The van der Waals surface area contributed by atoms with Gasteiger partial charge in [-0.25, -0.2) is 0 Å². The lowest BCUT2D eigenvalue weighted by molar-refractivity contribution is 0.141. The number of nitrogens with zero attached hydrogens (tertiary/aromatic N) is 2. The molecule has 0 bridgehead atoms. The molecular weight excluding hydrogens is 212 g/mol. The highest BCUT2D eigenvalue weighted by atomic mass is 16.3. The number of benzene rings is 1. The first-order chi connectivity index (χ1) is 8.36. The Labute approximate surface area is 102 Å². The van der Waals surface area contributed by atoms with E-state index in [-0.39, 0.29) is 5.92 Å². The van der Waals surface area contributed by atoms with E-state index in [9.17, 15) is 5.11 Å². The second-order valence-corrected chi connectivity index (χ2v) is 4.83. The maximum atomic E-state index is 10.5. The van der Waals surface area contributed by atoms with Crippen LogP contribution in [-0.2, 0) is 0 Å². The summed E-state index contributed by atoms with van der Waals surface area (Å²) in [5, 5.41) is 10.5. The highest BCUT2D eigenvalue weighted by molar-refractivity contribution is 5.87. The van der Waals surface area contributed by atoms with Crippen LogP contribution in [0.1, 0.15) is 24.5 Å². The van der Waals surface area contributed by atoms with Gasteiger partial charge in [0.05, 0.1) is 6.10 Å². The molecule has 1 N–H and O–H groups in total. The zero-order valence-corrected chi connectivity index (χ0v) is 9.92. The van der Waals surface area contributed by atoms with Crippen molar-refractivity contribution < 1.29 is 5.11 Å². The standard InChI is InChI=1S/C14H18N2O/c17-13(11-5-2-1-3-6-11)12-7-10-16-9-4-8-15-14(12)16/h1-3,5-6,12-13,17H,4,7-10H2/t12-,13+/m1/s1. The summed E-state index contributed by atoms with van der Waals surface area (Å²) in [7, 11) is 0. The Morgan fingerprint density at radius 3 is 2.88 bits per heavy atom. The number of aliphatic hydroxyl groups is 1. The molecule has 0 aromatic heterocycles. The van der Waals surface area contributed by atoms with Gasteiger partial charge in [-0.3, -0.25) is 4.99 Å². The summed E-state index contributed by atoms with van der Waals surface area (Å²) in [4.78, 5) is 6.94. The lowest BCUT2D eigenvalue weighted by Gasteiger charge is -2.26. The van der Waals surface area contributed by atoms with Crippen molar-refractivity contribution >= 4 is 5.84 Å². The van der Waals surface area contributed by atoms with Crippen LogP contribution in [0.3, 0.4) is 0 Å². The van der Waals surface area contributed by atoms with Gasteiger partial charge in [-0.2, -0.15) is 0 Å². The minimum atomic E-state index is -0.405. The van der Waals surface area contributed by atoms with Crippen LogP contribution in [-0.4, -0.2) is 35.5 Å². The second-order valence-electron chi connectivity index (χ2n) is 4.83. The van der Waals surface area contributed by atoms with E-state index in [1.807, 2.05) is 30.3 Å². The van der Waals surface area contributed by atoms with Gasteiger partial charge in [-0.05, 0) is 18.4 Å². The minimum absolute atomic E-state index is 0.192. The highest BCUT2D eigenvalue weighted by Gasteiger charge is 2.35. The van der Waals surface area contributed by atoms with Gasteiger partial charge >= 0.3 is 0 Å². The molecule has 3 heteroatoms. The third kappa shape index (κ3) is 1.95. The van der Waals surface area contributed by atoms with Crippen molar-refractivity contribution in [1.82, 2.24) is 4.90 Å². The van der Waals surface area contributed by atoms with Gasteiger partial charge in [0.1, 0.15) is 5.84 Å². The molecule has 0 saturated carbocycles. The van der Waals surface area contributed by atoms with E-state index in [4.69, 9.17) is 0 Å². The molecule has 1 saturated heterocycles. The van der Waals surface area contributed by atoms with Crippen molar-refractivity contribution in [3.63, 3.8) is 0 Å². The molecule has 0 spiro atoms. The Balaban J connectivity index is 1.83. The highest BCUT2D eigenvalue weighted by Crippen LogP contribution is 2.33. The molecule has 0 radical (unpaired) electrons. The van der Waals surface area contributed by atoms with E-state index >= 15 is 0 Å². The molecule has 3 rings (SSSR count). The van der Waals surface area contributed by atoms with E-state index in [0.29, 0.717) is 0 Å². The smallest absolute Gasteiger partial charge is 0.105 e. The molecule has 2 aliphatic rings. The van der Waals surface area contributed by atoms with Crippen molar-refractivity contribution in [2.75, 3.05) is 19.6 Å². The molecule has 90 valence electrons. The number of fused-ring (bicyclic) bond motifs is 1. The van der Waals surface area contributed by atoms with Crippen LogP contribution >= 0.6 is 0 Å². The number of hydrogen-bond acceptors (Lipinski definition) is 3. The Kier molecular flexibility index (Phi) is 2.85. The van der Waals surface area contributed by atoms with Crippen LogP contribution in [0, 0.1) is 5.92 Å². The van der Waals surface area contributed by atoms with Crippen LogP contribution in [0.25, 0.3) is 0 Å². The number of aliphatic imine (C=N–C) groups is 1. The van der Waals surface area contributed by atoms with E-state index in [0.717, 1.165) is 43.9 Å². The van der Waals surface area contributed by atoms with E-state index in [2.05, 4.69) is 9.89 Å². The molecule has 2 aliphatic heterocycles. The van der Waals surface area contributed by atoms with Gasteiger partial charge in [-0.15, -0.1) is 0 Å². The first kappa shape index (κ1) is 10.8. The molecule has 0 amide bonds. The van der Waals surface area contributed by atoms with Crippen molar-refractivity contribution in [3.8, 4) is 0 Å². The maximum Gasteiger partial charge on any atom is 0.105 e. The minimum Gasteiger partial charge on any atom is -0.388 e. The van der Waals surface area contributed by atoms with Gasteiger partial charge in [0.15, 0.2) is 0 Å². The van der Waals surface area contributed by atoms with Crippen LogP contribution in [0.15, 0.2) is 35.3 Å². The summed E-state index contributed by atoms with van der Waals surface area (Å²) < 4.78 is 0. The lowest BCUT2D eigenvalue weighted by atomic mass is 9.94. The molecule has 3 nitrogen and oxygen atoms in total. The number of aliphatic hydroxyl groups excluding tert-OH is 1. The fraction of sp³-hybridized carbons (Fsp3) is 0.500. The first-order valence-corrected chi connectivity index (χ1v) is 6.38. The van der Waals surface area contributed by atoms with Crippen molar-refractivity contribution in [2.24, 2.45) is 10.9 Å². The van der Waals surface area contributed by atoms with E-state index in [1.54, 1.807) is 0 Å². The van der Waals surface area contributed by atoms with Gasteiger partial charge in [0.2, 0.25) is 0 Å². The molecule has 2 heterocycles. The van der Waals surface area contributed by atoms with Crippen molar-refractivity contribution in [3.05, 3.63) is 35.9 Å². The monoisotopic (exact) mass is 230 g/mol. The third-order valence-corrected chi connectivity index (χ3v) is 3.75. The summed E-state index contributed by atoms with van der Waals surface area (Å²) >= 11 is 0. The molecule has 17 heavy (non-hydrogen) atoms. The van der Waals surface area contributed by atoms with Crippen molar-refractivity contribution in [2.45, 2.75) is 18.9 Å². The normalized spacial score (nSPS) is 25.4. The predicted molar refractivity (Wildman–Crippen MR) is 68.0 cm³/mol. The van der Waals surface area contributed by atoms with Gasteiger partial charge in [0, 0.05) is 25.6 Å². The zero-order chi connectivity index (χ0) is 11.7. The second kappa shape index (κ2) is 4.49. The molecule has 1 aromatic carbocycles. The predicted octanol–water partition coefficient (Wildman–Crippen LogP) is 1.84. The Hall–Kier alpha value is -1.35. The molecule has 1 fully saturated rings. The first-order valence-electron chi connectivity index (χ1n) is 6.38. The van der Waals surface area contributed by atoms with Crippen LogP contribution < -0.4 is 0 Å². The summed E-state index contributed by atoms with van der Waals surface area (Å²) in [5.41, 5.74) is 1.01. The summed E-state index contributed by atoms with van der Waals surface area (Å²) in [6, 6.07) is 9.94. The van der Waals surface area contributed by atoms with E-state index in [1.165, 1.54) is 0 Å². The molecular formula is C14H18N2O. The molecule has 2 atom stereocenters. The van der Waals surface area contributed by atoms with Crippen LogP contribution in [0.4, 0.5) is 0 Å².